The van der Waals surface area contributed by atoms with Crippen molar-refractivity contribution in [3.8, 4) is 0 Å². The predicted molar refractivity (Wildman–Crippen MR) is 97.6 cm³/mol. The fraction of sp³-hybridized carbons (Fsp3) is 0. The SMILES string of the molecule is Nc1c(N=Nc2ccccc2Br)cc(S(=O)(=O)O)c2ccccc12.[H-].[Na+]. The molecular formula is C16H13BrN3NaO3S. The summed E-state index contributed by atoms with van der Waals surface area (Å²) in [4.78, 5) is -0.256. The molecule has 3 aromatic carbocycles. The maximum Gasteiger partial charge on any atom is 1.00 e. The van der Waals surface area contributed by atoms with Crippen LogP contribution in [0.2, 0.25) is 0 Å². The molecule has 25 heavy (non-hydrogen) atoms. The van der Waals surface area contributed by atoms with Gasteiger partial charge in [-0.2, -0.15) is 8.42 Å². The van der Waals surface area contributed by atoms with Crippen molar-refractivity contribution in [1.29, 1.82) is 0 Å². The summed E-state index contributed by atoms with van der Waals surface area (Å²) in [6.45, 7) is 0. The Labute approximate surface area is 176 Å². The fourth-order valence-electron chi connectivity index (χ4n) is 2.29. The third-order valence-electron chi connectivity index (χ3n) is 3.42. The zero-order chi connectivity index (χ0) is 17.3. The molecule has 124 valence electrons. The molecule has 3 N–H and O–H groups in total. The van der Waals surface area contributed by atoms with Gasteiger partial charge in [0.25, 0.3) is 10.1 Å². The summed E-state index contributed by atoms with van der Waals surface area (Å²) in [6.07, 6.45) is 0. The molecule has 0 fully saturated rings. The third kappa shape index (κ3) is 4.28. The van der Waals surface area contributed by atoms with E-state index in [4.69, 9.17) is 5.73 Å². The van der Waals surface area contributed by atoms with Crippen LogP contribution in [-0.2, 0) is 10.1 Å². The van der Waals surface area contributed by atoms with Gasteiger partial charge in [0.2, 0.25) is 0 Å². The van der Waals surface area contributed by atoms with Crippen molar-refractivity contribution < 1.29 is 44.0 Å². The first-order valence-electron chi connectivity index (χ1n) is 6.83. The molecule has 0 saturated heterocycles. The van der Waals surface area contributed by atoms with Gasteiger partial charge >= 0.3 is 29.6 Å². The second-order valence-electron chi connectivity index (χ2n) is 4.98. The molecule has 6 nitrogen and oxygen atoms in total. The Hall–Kier alpha value is -1.29. The Bertz CT molecular complexity index is 1080. The van der Waals surface area contributed by atoms with E-state index in [0.717, 1.165) is 4.47 Å². The Kier molecular flexibility index (Phi) is 6.36. The van der Waals surface area contributed by atoms with Gasteiger partial charge in [0.1, 0.15) is 10.6 Å². The molecule has 0 aliphatic rings. The average Bonchev–Trinajstić information content (AvgIpc) is 2.54. The number of nitrogens with two attached hydrogens (primary N) is 1. The van der Waals surface area contributed by atoms with Gasteiger partial charge in [0.05, 0.1) is 11.4 Å². The first-order chi connectivity index (χ1) is 11.4. The number of hydrogen-bond acceptors (Lipinski definition) is 5. The maximum atomic E-state index is 11.7. The molecule has 0 aliphatic carbocycles. The Morgan fingerprint density at radius 1 is 0.960 bits per heavy atom. The second-order valence-corrected chi connectivity index (χ2v) is 7.22. The minimum atomic E-state index is -4.43. The molecule has 3 aromatic rings. The van der Waals surface area contributed by atoms with E-state index in [0.29, 0.717) is 16.5 Å². The van der Waals surface area contributed by atoms with Crippen LogP contribution in [0.3, 0.4) is 0 Å². The van der Waals surface area contributed by atoms with Crippen molar-refractivity contribution in [3.05, 3.63) is 59.1 Å². The maximum absolute atomic E-state index is 11.7. The molecule has 0 saturated carbocycles. The van der Waals surface area contributed by atoms with E-state index in [1.54, 1.807) is 36.4 Å². The van der Waals surface area contributed by atoms with Crippen LogP contribution in [0.5, 0.6) is 0 Å². The predicted octanol–water partition coefficient (Wildman–Crippen LogP) is 1.96. The Morgan fingerprint density at radius 2 is 1.52 bits per heavy atom. The summed E-state index contributed by atoms with van der Waals surface area (Å²) in [5, 5.41) is 8.96. The summed E-state index contributed by atoms with van der Waals surface area (Å²) < 4.78 is 33.6. The van der Waals surface area contributed by atoms with Gasteiger partial charge in [-0.3, -0.25) is 4.55 Å². The van der Waals surface area contributed by atoms with Crippen LogP contribution < -0.4 is 35.3 Å². The van der Waals surface area contributed by atoms with E-state index in [1.807, 2.05) is 12.1 Å². The summed E-state index contributed by atoms with van der Waals surface area (Å²) in [5.74, 6) is 0. The largest absolute Gasteiger partial charge is 1.00 e. The zero-order valence-electron chi connectivity index (χ0n) is 14.2. The van der Waals surface area contributed by atoms with Crippen molar-refractivity contribution in [3.63, 3.8) is 0 Å². The van der Waals surface area contributed by atoms with Crippen LogP contribution in [0, 0.1) is 0 Å². The number of halogens is 1. The number of rotatable bonds is 3. The van der Waals surface area contributed by atoms with Gasteiger partial charge in [-0.15, -0.1) is 10.2 Å². The van der Waals surface area contributed by atoms with Crippen LogP contribution in [-0.4, -0.2) is 13.0 Å². The number of fused-ring (bicyclic) bond motifs is 1. The normalized spacial score (nSPS) is 11.6. The van der Waals surface area contributed by atoms with Gasteiger partial charge in [-0.1, -0.05) is 36.4 Å². The number of hydrogen-bond donors (Lipinski definition) is 2. The molecule has 0 atom stereocenters. The molecule has 0 radical (unpaired) electrons. The summed E-state index contributed by atoms with van der Waals surface area (Å²) in [5.41, 5.74) is 7.11. The van der Waals surface area contributed by atoms with Crippen LogP contribution in [0.1, 0.15) is 1.43 Å². The van der Waals surface area contributed by atoms with Crippen molar-refractivity contribution >= 4 is 53.9 Å². The topological polar surface area (TPSA) is 105 Å². The summed E-state index contributed by atoms with van der Waals surface area (Å²) in [6, 6.07) is 15.0. The molecular weight excluding hydrogens is 417 g/mol. The van der Waals surface area contributed by atoms with E-state index in [1.165, 1.54) is 6.07 Å². The summed E-state index contributed by atoms with van der Waals surface area (Å²) >= 11 is 3.35. The first kappa shape index (κ1) is 20.0. The Morgan fingerprint density at radius 3 is 2.16 bits per heavy atom. The van der Waals surface area contributed by atoms with Crippen LogP contribution in [0.25, 0.3) is 10.8 Å². The van der Waals surface area contributed by atoms with Gasteiger partial charge in [-0.25, -0.2) is 0 Å². The zero-order valence-corrected chi connectivity index (χ0v) is 17.6. The molecule has 3 rings (SSSR count). The van der Waals surface area contributed by atoms with E-state index in [9.17, 15) is 13.0 Å². The van der Waals surface area contributed by atoms with E-state index in [-0.39, 0.29) is 47.3 Å². The minimum absolute atomic E-state index is 0. The van der Waals surface area contributed by atoms with Crippen molar-refractivity contribution in [1.82, 2.24) is 0 Å². The minimum Gasteiger partial charge on any atom is -1.00 e. The molecule has 0 amide bonds. The van der Waals surface area contributed by atoms with Crippen molar-refractivity contribution in [2.75, 3.05) is 5.73 Å². The number of anilines is 1. The van der Waals surface area contributed by atoms with E-state index < -0.39 is 10.1 Å². The van der Waals surface area contributed by atoms with Gasteiger partial charge in [-0.05, 0) is 34.1 Å². The average molecular weight is 430 g/mol. The molecule has 0 unspecified atom stereocenters. The van der Waals surface area contributed by atoms with Crippen LogP contribution >= 0.6 is 15.9 Å². The first-order valence-corrected chi connectivity index (χ1v) is 9.06. The third-order valence-corrected chi connectivity index (χ3v) is 4.99. The van der Waals surface area contributed by atoms with Gasteiger partial charge in [0.15, 0.2) is 0 Å². The smallest absolute Gasteiger partial charge is 1.00 e. The standard InChI is InChI=1S/C16H12BrN3O3S.Na.H/c17-12-7-3-4-8-13(12)19-20-14-9-15(24(21,22)23)10-5-1-2-6-11(10)16(14)18;;/h1-9H,18H2,(H,21,22,23);;/q;+1;-1. The van der Waals surface area contributed by atoms with E-state index >= 15 is 0 Å². The summed E-state index contributed by atoms with van der Waals surface area (Å²) in [7, 11) is -4.43. The Balaban J connectivity index is 0.00000169. The van der Waals surface area contributed by atoms with E-state index in [2.05, 4.69) is 26.2 Å². The number of azo groups is 1. The molecule has 9 heteroatoms. The fourth-order valence-corrected chi connectivity index (χ4v) is 3.37. The number of nitrogen functional groups attached to an aromatic ring is 1. The van der Waals surface area contributed by atoms with Crippen molar-refractivity contribution in [2.45, 2.75) is 4.90 Å². The second kappa shape index (κ2) is 7.94. The van der Waals surface area contributed by atoms with Crippen LogP contribution in [0.4, 0.5) is 17.1 Å². The van der Waals surface area contributed by atoms with Crippen LogP contribution in [0.15, 0.2) is 74.2 Å². The molecule has 0 heterocycles. The molecule has 0 spiro atoms. The molecule has 0 aliphatic heterocycles. The van der Waals surface area contributed by atoms with Crippen molar-refractivity contribution in [2.24, 2.45) is 10.2 Å². The molecule has 0 bridgehead atoms. The number of benzene rings is 3. The quantitative estimate of drug-likeness (QED) is 0.287. The van der Waals surface area contributed by atoms with Gasteiger partial charge < -0.3 is 7.16 Å². The number of nitrogens with zero attached hydrogens (tertiary/aromatic N) is 2. The molecule has 0 aromatic heterocycles. The monoisotopic (exact) mass is 429 g/mol. The van der Waals surface area contributed by atoms with Gasteiger partial charge in [0, 0.05) is 15.2 Å².